The van der Waals surface area contributed by atoms with Crippen molar-refractivity contribution in [3.8, 4) is 0 Å². The minimum Gasteiger partial charge on any atom is -0.315 e. The SMILES string of the molecule is CCCNCC1CCCCN1Cc1ccn(C)n1. The molecule has 0 radical (unpaired) electrons. The summed E-state index contributed by atoms with van der Waals surface area (Å²) in [5.41, 5.74) is 1.19. The number of hydrogen-bond acceptors (Lipinski definition) is 3. The van der Waals surface area contributed by atoms with E-state index >= 15 is 0 Å². The highest BCUT2D eigenvalue weighted by atomic mass is 15.3. The molecule has 1 aromatic heterocycles. The smallest absolute Gasteiger partial charge is 0.0764 e. The van der Waals surface area contributed by atoms with Crippen LogP contribution in [-0.2, 0) is 13.6 Å². The Kier molecular flexibility index (Phi) is 5.20. The molecule has 1 atom stereocenters. The second-order valence-corrected chi connectivity index (χ2v) is 5.30. The molecule has 0 aliphatic carbocycles. The van der Waals surface area contributed by atoms with Gasteiger partial charge in [-0.1, -0.05) is 13.3 Å². The molecule has 1 saturated heterocycles. The van der Waals surface area contributed by atoms with Crippen molar-refractivity contribution in [3.63, 3.8) is 0 Å². The summed E-state index contributed by atoms with van der Waals surface area (Å²) in [6.07, 6.45) is 7.27. The van der Waals surface area contributed by atoms with E-state index in [1.807, 2.05) is 17.9 Å². The van der Waals surface area contributed by atoms with Gasteiger partial charge >= 0.3 is 0 Å². The van der Waals surface area contributed by atoms with Crippen LogP contribution in [0.5, 0.6) is 0 Å². The largest absolute Gasteiger partial charge is 0.315 e. The molecule has 0 bridgehead atoms. The molecule has 0 aromatic carbocycles. The van der Waals surface area contributed by atoms with Gasteiger partial charge in [-0.15, -0.1) is 0 Å². The molecule has 1 aromatic rings. The number of nitrogens with zero attached hydrogens (tertiary/aromatic N) is 3. The fourth-order valence-corrected chi connectivity index (χ4v) is 2.70. The number of likely N-dealkylation sites (tertiary alicyclic amines) is 1. The van der Waals surface area contributed by atoms with E-state index in [1.165, 1.54) is 37.9 Å². The molecule has 1 N–H and O–H groups in total. The van der Waals surface area contributed by atoms with E-state index in [0.717, 1.165) is 19.6 Å². The Morgan fingerprint density at radius 1 is 1.44 bits per heavy atom. The molecule has 1 fully saturated rings. The van der Waals surface area contributed by atoms with Gasteiger partial charge in [0.2, 0.25) is 0 Å². The molecule has 0 spiro atoms. The van der Waals surface area contributed by atoms with Crippen molar-refractivity contribution in [2.75, 3.05) is 19.6 Å². The number of rotatable bonds is 6. The van der Waals surface area contributed by atoms with Crippen LogP contribution in [0.3, 0.4) is 0 Å². The standard InChI is InChI=1S/C14H26N4/c1-3-8-15-11-14-6-4-5-9-18(14)12-13-7-10-17(2)16-13/h7,10,14-15H,3-6,8-9,11-12H2,1-2H3. The molecule has 4 heteroatoms. The Morgan fingerprint density at radius 2 is 2.33 bits per heavy atom. The number of piperidine rings is 1. The average Bonchev–Trinajstić information content (AvgIpc) is 2.77. The maximum atomic E-state index is 4.49. The van der Waals surface area contributed by atoms with Crippen molar-refractivity contribution in [3.05, 3.63) is 18.0 Å². The molecule has 2 heterocycles. The minimum atomic E-state index is 0.687. The lowest BCUT2D eigenvalue weighted by molar-refractivity contribution is 0.136. The zero-order valence-electron chi connectivity index (χ0n) is 11.7. The third kappa shape index (κ3) is 3.82. The van der Waals surface area contributed by atoms with Crippen LogP contribution < -0.4 is 5.32 Å². The second kappa shape index (κ2) is 6.90. The topological polar surface area (TPSA) is 33.1 Å². The van der Waals surface area contributed by atoms with E-state index in [9.17, 15) is 0 Å². The molecule has 0 amide bonds. The highest BCUT2D eigenvalue weighted by Gasteiger charge is 2.22. The summed E-state index contributed by atoms with van der Waals surface area (Å²) in [6.45, 7) is 6.70. The van der Waals surface area contributed by atoms with Crippen molar-refractivity contribution < 1.29 is 0 Å². The van der Waals surface area contributed by atoms with Crippen LogP contribution in [0.2, 0.25) is 0 Å². The molecule has 2 rings (SSSR count). The van der Waals surface area contributed by atoms with Crippen LogP contribution in [0, 0.1) is 0 Å². The summed E-state index contributed by atoms with van der Waals surface area (Å²) in [5, 5.41) is 8.05. The van der Waals surface area contributed by atoms with Gasteiger partial charge in [0.1, 0.15) is 0 Å². The Morgan fingerprint density at radius 3 is 3.06 bits per heavy atom. The van der Waals surface area contributed by atoms with Gasteiger partial charge in [0.15, 0.2) is 0 Å². The molecule has 18 heavy (non-hydrogen) atoms. The van der Waals surface area contributed by atoms with Crippen LogP contribution in [-0.4, -0.2) is 40.4 Å². The zero-order valence-corrected chi connectivity index (χ0v) is 11.7. The van der Waals surface area contributed by atoms with E-state index in [1.54, 1.807) is 0 Å². The number of hydrogen-bond donors (Lipinski definition) is 1. The average molecular weight is 250 g/mol. The first-order valence-electron chi connectivity index (χ1n) is 7.23. The fraction of sp³-hybridized carbons (Fsp3) is 0.786. The maximum absolute atomic E-state index is 4.49. The van der Waals surface area contributed by atoms with Gasteiger partial charge < -0.3 is 5.32 Å². The predicted octanol–water partition coefficient (Wildman–Crippen LogP) is 1.77. The van der Waals surface area contributed by atoms with Crippen molar-refractivity contribution in [2.45, 2.75) is 45.2 Å². The summed E-state index contributed by atoms with van der Waals surface area (Å²) in [4.78, 5) is 2.59. The minimum absolute atomic E-state index is 0.687. The monoisotopic (exact) mass is 250 g/mol. The summed E-state index contributed by atoms with van der Waals surface area (Å²) in [5.74, 6) is 0. The van der Waals surface area contributed by atoms with E-state index in [0.29, 0.717) is 6.04 Å². The van der Waals surface area contributed by atoms with E-state index in [4.69, 9.17) is 0 Å². The van der Waals surface area contributed by atoms with Crippen molar-refractivity contribution >= 4 is 0 Å². The Balaban J connectivity index is 1.86. The van der Waals surface area contributed by atoms with Gasteiger partial charge in [-0.25, -0.2) is 0 Å². The van der Waals surface area contributed by atoms with E-state index in [2.05, 4.69) is 28.3 Å². The van der Waals surface area contributed by atoms with Crippen molar-refractivity contribution in [1.82, 2.24) is 20.0 Å². The van der Waals surface area contributed by atoms with Gasteiger partial charge in [0.05, 0.1) is 5.69 Å². The number of aryl methyl sites for hydroxylation is 1. The van der Waals surface area contributed by atoms with E-state index in [-0.39, 0.29) is 0 Å². The van der Waals surface area contributed by atoms with Crippen LogP contribution in [0.15, 0.2) is 12.3 Å². The first kappa shape index (κ1) is 13.6. The predicted molar refractivity (Wildman–Crippen MR) is 74.4 cm³/mol. The highest BCUT2D eigenvalue weighted by molar-refractivity contribution is 4.99. The molecule has 1 aliphatic rings. The molecule has 4 nitrogen and oxygen atoms in total. The lowest BCUT2D eigenvalue weighted by Crippen LogP contribution is -2.45. The number of aromatic nitrogens is 2. The van der Waals surface area contributed by atoms with Crippen LogP contribution >= 0.6 is 0 Å². The Bertz CT molecular complexity index is 347. The second-order valence-electron chi connectivity index (χ2n) is 5.30. The van der Waals surface area contributed by atoms with Gasteiger partial charge in [-0.3, -0.25) is 9.58 Å². The summed E-state index contributed by atoms with van der Waals surface area (Å²) < 4.78 is 1.89. The van der Waals surface area contributed by atoms with Gasteiger partial charge in [-0.2, -0.15) is 5.10 Å². The van der Waals surface area contributed by atoms with Crippen LogP contribution in [0.4, 0.5) is 0 Å². The molecule has 1 unspecified atom stereocenters. The van der Waals surface area contributed by atoms with Crippen LogP contribution in [0.25, 0.3) is 0 Å². The molecular formula is C14H26N4. The van der Waals surface area contributed by atoms with Gasteiger partial charge in [0, 0.05) is 32.4 Å². The van der Waals surface area contributed by atoms with Crippen molar-refractivity contribution in [2.24, 2.45) is 7.05 Å². The zero-order chi connectivity index (χ0) is 12.8. The maximum Gasteiger partial charge on any atom is 0.0764 e. The van der Waals surface area contributed by atoms with Crippen LogP contribution in [0.1, 0.15) is 38.3 Å². The third-order valence-corrected chi connectivity index (χ3v) is 3.69. The molecule has 0 saturated carbocycles. The fourth-order valence-electron chi connectivity index (χ4n) is 2.70. The first-order chi connectivity index (χ1) is 8.79. The lowest BCUT2D eigenvalue weighted by Gasteiger charge is -2.35. The summed E-state index contributed by atoms with van der Waals surface area (Å²) in [7, 11) is 1.99. The summed E-state index contributed by atoms with van der Waals surface area (Å²) in [6, 6.07) is 2.82. The van der Waals surface area contributed by atoms with Gasteiger partial charge in [-0.05, 0) is 38.4 Å². The quantitative estimate of drug-likeness (QED) is 0.781. The first-order valence-corrected chi connectivity index (χ1v) is 7.23. The number of nitrogens with one attached hydrogen (secondary N) is 1. The van der Waals surface area contributed by atoms with Crippen molar-refractivity contribution in [1.29, 1.82) is 0 Å². The molecule has 102 valence electrons. The molecular weight excluding hydrogens is 224 g/mol. The highest BCUT2D eigenvalue weighted by Crippen LogP contribution is 2.18. The normalized spacial score (nSPS) is 21.3. The lowest BCUT2D eigenvalue weighted by atomic mass is 10.0. The Hall–Kier alpha value is -0.870. The third-order valence-electron chi connectivity index (χ3n) is 3.69. The Labute approximate surface area is 110 Å². The summed E-state index contributed by atoms with van der Waals surface area (Å²) >= 11 is 0. The molecule has 1 aliphatic heterocycles. The van der Waals surface area contributed by atoms with E-state index < -0.39 is 0 Å². The van der Waals surface area contributed by atoms with Gasteiger partial charge in [0.25, 0.3) is 0 Å².